The molecule has 0 atom stereocenters. The zero-order valence-corrected chi connectivity index (χ0v) is 23.4. The molecule has 1 fully saturated rings. The van der Waals surface area contributed by atoms with E-state index in [1.165, 1.54) is 12.3 Å². The molecular weight excluding hydrogens is 592 g/mol. The Morgan fingerprint density at radius 2 is 1.63 bits per heavy atom. The number of rotatable bonds is 8. The lowest BCUT2D eigenvalue weighted by Crippen LogP contribution is -2.40. The number of nitrogens with one attached hydrogen (secondary N) is 3. The molecule has 2 aromatic heterocycles. The Labute approximate surface area is 241 Å². The highest BCUT2D eigenvalue weighted by Gasteiger charge is 2.57. The van der Waals surface area contributed by atoms with Crippen molar-refractivity contribution in [1.29, 1.82) is 0 Å². The maximum absolute atomic E-state index is 12.6. The molecule has 0 bridgehead atoms. The van der Waals surface area contributed by atoms with Crippen LogP contribution in [0.2, 0.25) is 0 Å². The van der Waals surface area contributed by atoms with Gasteiger partial charge in [0.2, 0.25) is 11.8 Å². The molecule has 2 heterocycles. The van der Waals surface area contributed by atoms with Crippen LogP contribution in [0.4, 0.5) is 35.1 Å². The van der Waals surface area contributed by atoms with Crippen molar-refractivity contribution in [3.63, 3.8) is 0 Å². The average Bonchev–Trinajstić information content (AvgIpc) is 3.55. The maximum Gasteiger partial charge on any atom is 0.400 e. The van der Waals surface area contributed by atoms with Gasteiger partial charge >= 0.3 is 12.4 Å². The van der Waals surface area contributed by atoms with Gasteiger partial charge in [0.1, 0.15) is 11.5 Å². The minimum atomic E-state index is -5.58. The van der Waals surface area contributed by atoms with Crippen LogP contribution >= 0.6 is 0 Å². The number of fused-ring (bicyclic) bond motifs is 1. The second kappa shape index (κ2) is 13.7. The molecule has 0 saturated heterocycles. The van der Waals surface area contributed by atoms with Gasteiger partial charge in [0.15, 0.2) is 5.92 Å². The van der Waals surface area contributed by atoms with Crippen LogP contribution in [0.3, 0.4) is 0 Å². The van der Waals surface area contributed by atoms with Crippen LogP contribution in [0.15, 0.2) is 30.5 Å². The van der Waals surface area contributed by atoms with Crippen LogP contribution in [0.5, 0.6) is 0 Å². The fourth-order valence-electron chi connectivity index (χ4n) is 4.41. The van der Waals surface area contributed by atoms with Gasteiger partial charge in [-0.1, -0.05) is 12.5 Å². The molecule has 8 nitrogen and oxygen atoms in total. The Morgan fingerprint density at radius 1 is 0.977 bits per heavy atom. The van der Waals surface area contributed by atoms with Crippen molar-refractivity contribution in [1.82, 2.24) is 30.4 Å². The number of carbonyl (C=O) groups excluding carboxylic acids is 2. The summed E-state index contributed by atoms with van der Waals surface area (Å²) in [5.41, 5.74) is 1.84. The summed E-state index contributed by atoms with van der Waals surface area (Å²) < 4.78 is 102. The van der Waals surface area contributed by atoms with Crippen molar-refractivity contribution in [2.75, 3.05) is 0 Å². The van der Waals surface area contributed by atoms with Gasteiger partial charge in [-0.25, -0.2) is 13.8 Å². The Bertz CT molecular complexity index is 1360. The third-order valence-electron chi connectivity index (χ3n) is 6.66. The predicted octanol–water partition coefficient (Wildman–Crippen LogP) is 6.60. The van der Waals surface area contributed by atoms with Gasteiger partial charge < -0.3 is 15.6 Å². The second-order valence-corrected chi connectivity index (χ2v) is 10.5. The fraction of sp³-hybridized carbons (Fsp3) is 0.556. The van der Waals surface area contributed by atoms with E-state index in [1.807, 2.05) is 13.8 Å². The van der Waals surface area contributed by atoms with Gasteiger partial charge in [-0.05, 0) is 50.5 Å². The van der Waals surface area contributed by atoms with E-state index in [9.17, 15) is 44.7 Å². The molecule has 3 N–H and O–H groups in total. The molecule has 1 aromatic carbocycles. The Hall–Kier alpha value is -3.72. The lowest BCUT2D eigenvalue weighted by atomic mass is 9.97. The van der Waals surface area contributed by atoms with E-state index < -0.39 is 36.5 Å². The van der Waals surface area contributed by atoms with Crippen LogP contribution in [0.25, 0.3) is 11.0 Å². The normalized spacial score (nSPS) is 15.3. The summed E-state index contributed by atoms with van der Waals surface area (Å²) in [5.74, 6) is -7.36. The Morgan fingerprint density at radius 3 is 2.19 bits per heavy atom. The van der Waals surface area contributed by atoms with Crippen molar-refractivity contribution >= 4 is 22.8 Å². The number of alkyl halides is 8. The summed E-state index contributed by atoms with van der Waals surface area (Å²) >= 11 is 0. The van der Waals surface area contributed by atoms with E-state index in [4.69, 9.17) is 0 Å². The molecule has 43 heavy (non-hydrogen) atoms. The Balaban J connectivity index is 0.000000546. The first-order chi connectivity index (χ1) is 20.0. The van der Waals surface area contributed by atoms with Gasteiger partial charge in [-0.3, -0.25) is 14.3 Å². The predicted molar refractivity (Wildman–Crippen MR) is 140 cm³/mol. The summed E-state index contributed by atoms with van der Waals surface area (Å²) in [6.07, 6.45) is -8.73. The molecule has 2 amide bonds. The number of hydrogen-bond donors (Lipinski definition) is 3. The summed E-state index contributed by atoms with van der Waals surface area (Å²) in [6.45, 7) is 3.56. The third-order valence-corrected chi connectivity index (χ3v) is 6.66. The largest absolute Gasteiger partial charge is 0.400 e. The lowest BCUT2D eigenvalue weighted by Gasteiger charge is -2.22. The molecule has 4 rings (SSSR count). The molecule has 0 spiro atoms. The van der Waals surface area contributed by atoms with E-state index in [0.29, 0.717) is 41.0 Å². The number of amides is 2. The number of benzene rings is 1. The van der Waals surface area contributed by atoms with E-state index in [0.717, 1.165) is 6.42 Å². The minimum absolute atomic E-state index is 0.0105. The van der Waals surface area contributed by atoms with Crippen molar-refractivity contribution in [2.45, 2.75) is 89.8 Å². The van der Waals surface area contributed by atoms with E-state index >= 15 is 0 Å². The van der Waals surface area contributed by atoms with E-state index in [1.54, 1.807) is 22.9 Å². The molecule has 1 aliphatic carbocycles. The summed E-state index contributed by atoms with van der Waals surface area (Å²) in [4.78, 5) is 31.4. The Kier molecular flexibility index (Phi) is 10.8. The SMILES string of the molecule is CC(C)n1nccc1C(=O)NCc1nc2ccc(CNC(=O)CC(C(F)(F)F)C(F)(F)F)cc2[nH]1.FC1(F)CCCCC1. The average molecular weight is 625 g/mol. The number of carbonyl (C=O) groups is 2. The standard InChI is InChI=1S/C21H22F6N6O2.C6H10F2/c1-11(2)33-15(5-6-30-33)19(35)29-10-17-31-13-4-3-12(7-14(13)32-17)9-28-18(34)8-16(20(22,23)24)21(25,26)27;7-6(8)4-2-1-3-5-6/h3-7,11,16H,8-10H2,1-2H3,(H,28,34)(H,29,35)(H,31,32);1-5H2. The number of nitrogens with zero attached hydrogens (tertiary/aromatic N) is 3. The smallest absolute Gasteiger partial charge is 0.352 e. The zero-order valence-electron chi connectivity index (χ0n) is 23.4. The number of aromatic nitrogens is 4. The third kappa shape index (κ3) is 9.92. The van der Waals surface area contributed by atoms with Gasteiger partial charge in [-0.2, -0.15) is 31.4 Å². The summed E-state index contributed by atoms with van der Waals surface area (Å²) in [6, 6.07) is 6.22. The highest BCUT2D eigenvalue weighted by Crippen LogP contribution is 2.41. The molecule has 0 radical (unpaired) electrons. The van der Waals surface area contributed by atoms with Crippen LogP contribution in [-0.4, -0.2) is 49.8 Å². The molecule has 1 aliphatic rings. The topological polar surface area (TPSA) is 105 Å². The van der Waals surface area contributed by atoms with Crippen LogP contribution in [0.1, 0.15) is 80.3 Å². The quantitative estimate of drug-likeness (QED) is 0.246. The van der Waals surface area contributed by atoms with Gasteiger partial charge in [-0.15, -0.1) is 0 Å². The van der Waals surface area contributed by atoms with Crippen molar-refractivity contribution in [3.8, 4) is 0 Å². The van der Waals surface area contributed by atoms with Crippen LogP contribution < -0.4 is 10.6 Å². The molecule has 0 unspecified atom stereocenters. The summed E-state index contributed by atoms with van der Waals surface area (Å²) in [5, 5.41) is 8.89. The number of halogens is 8. The zero-order chi connectivity index (χ0) is 32.0. The van der Waals surface area contributed by atoms with Gasteiger partial charge in [0, 0.05) is 38.0 Å². The molecule has 16 heteroatoms. The summed E-state index contributed by atoms with van der Waals surface area (Å²) in [7, 11) is 0. The first-order valence-corrected chi connectivity index (χ1v) is 13.5. The van der Waals surface area contributed by atoms with Crippen LogP contribution in [-0.2, 0) is 17.9 Å². The highest BCUT2D eigenvalue weighted by molar-refractivity contribution is 5.92. The van der Waals surface area contributed by atoms with E-state index in [-0.39, 0.29) is 37.9 Å². The van der Waals surface area contributed by atoms with Gasteiger partial charge in [0.25, 0.3) is 5.91 Å². The number of imidazole rings is 1. The molecule has 238 valence electrons. The van der Waals surface area contributed by atoms with E-state index in [2.05, 4.69) is 25.7 Å². The minimum Gasteiger partial charge on any atom is -0.352 e. The first-order valence-electron chi connectivity index (χ1n) is 13.5. The lowest BCUT2D eigenvalue weighted by molar-refractivity contribution is -0.284. The van der Waals surface area contributed by atoms with Crippen molar-refractivity contribution in [2.24, 2.45) is 5.92 Å². The molecule has 0 aliphatic heterocycles. The molecule has 1 saturated carbocycles. The number of H-pyrrole nitrogens is 1. The number of hydrogen-bond acceptors (Lipinski definition) is 4. The maximum atomic E-state index is 12.6. The monoisotopic (exact) mass is 624 g/mol. The van der Waals surface area contributed by atoms with Crippen molar-refractivity contribution in [3.05, 3.63) is 47.5 Å². The fourth-order valence-corrected chi connectivity index (χ4v) is 4.41. The van der Waals surface area contributed by atoms with Crippen LogP contribution in [0, 0.1) is 5.92 Å². The first kappa shape index (κ1) is 33.8. The molecular formula is C27H32F8N6O2. The second-order valence-electron chi connectivity index (χ2n) is 10.5. The number of aromatic amines is 1. The molecule has 3 aromatic rings. The van der Waals surface area contributed by atoms with Crippen molar-refractivity contribution < 1.29 is 44.7 Å². The van der Waals surface area contributed by atoms with Gasteiger partial charge in [0.05, 0.1) is 17.6 Å². The highest BCUT2D eigenvalue weighted by atomic mass is 19.4.